The van der Waals surface area contributed by atoms with E-state index in [4.69, 9.17) is 11.6 Å². The number of rotatable bonds is 3. The summed E-state index contributed by atoms with van der Waals surface area (Å²) in [6.45, 7) is 0. The lowest BCUT2D eigenvalue weighted by molar-refractivity contribution is -0.385. The molecular formula is C9H7BrClNO4. The van der Waals surface area contributed by atoms with Gasteiger partial charge in [0, 0.05) is 11.4 Å². The quantitative estimate of drug-likeness (QED) is 0.372. The zero-order valence-electron chi connectivity index (χ0n) is 8.20. The van der Waals surface area contributed by atoms with Crippen LogP contribution in [0.3, 0.4) is 0 Å². The van der Waals surface area contributed by atoms with E-state index >= 15 is 0 Å². The maximum atomic E-state index is 11.4. The molecule has 0 radical (unpaired) electrons. The lowest BCUT2D eigenvalue weighted by Gasteiger charge is -2.07. The maximum absolute atomic E-state index is 11.4. The van der Waals surface area contributed by atoms with Gasteiger partial charge in [0.2, 0.25) is 0 Å². The number of hydrogen-bond acceptors (Lipinski definition) is 4. The van der Waals surface area contributed by atoms with E-state index in [0.29, 0.717) is 0 Å². The Bertz CT molecular complexity index is 449. The van der Waals surface area contributed by atoms with Crippen molar-refractivity contribution < 1.29 is 14.5 Å². The molecule has 16 heavy (non-hydrogen) atoms. The van der Waals surface area contributed by atoms with Crippen molar-refractivity contribution in [3.05, 3.63) is 38.4 Å². The van der Waals surface area contributed by atoms with Crippen LogP contribution < -0.4 is 0 Å². The lowest BCUT2D eigenvalue weighted by atomic mass is 10.1. The van der Waals surface area contributed by atoms with E-state index in [1.807, 2.05) is 0 Å². The summed E-state index contributed by atoms with van der Waals surface area (Å²) in [7, 11) is 1.19. The molecule has 0 aliphatic heterocycles. The smallest absolute Gasteiger partial charge is 0.339 e. The van der Waals surface area contributed by atoms with Crippen LogP contribution in [0.2, 0.25) is 5.02 Å². The summed E-state index contributed by atoms with van der Waals surface area (Å²) in [5, 5.41) is 11.0. The summed E-state index contributed by atoms with van der Waals surface area (Å²) in [6, 6.07) is 2.56. The summed E-state index contributed by atoms with van der Waals surface area (Å²) in [5.41, 5.74) is 0.0706. The van der Waals surface area contributed by atoms with E-state index in [1.165, 1.54) is 19.2 Å². The third-order valence-electron chi connectivity index (χ3n) is 1.96. The highest BCUT2D eigenvalue weighted by molar-refractivity contribution is 9.08. The number of alkyl halides is 1. The highest BCUT2D eigenvalue weighted by Crippen LogP contribution is 2.30. The Morgan fingerprint density at radius 1 is 1.62 bits per heavy atom. The fraction of sp³-hybridized carbons (Fsp3) is 0.222. The van der Waals surface area contributed by atoms with Gasteiger partial charge in [0.15, 0.2) is 0 Å². The van der Waals surface area contributed by atoms with Gasteiger partial charge in [0.25, 0.3) is 5.69 Å². The molecule has 0 amide bonds. The van der Waals surface area contributed by atoms with Crippen LogP contribution in [0, 0.1) is 10.1 Å². The first-order chi connectivity index (χ1) is 7.52. The van der Waals surface area contributed by atoms with Gasteiger partial charge >= 0.3 is 5.97 Å². The molecule has 0 saturated carbocycles. The first-order valence-electron chi connectivity index (χ1n) is 4.13. The van der Waals surface area contributed by atoms with E-state index in [-0.39, 0.29) is 27.2 Å². The topological polar surface area (TPSA) is 69.4 Å². The molecular weight excluding hydrogens is 301 g/mol. The molecule has 0 fully saturated rings. The summed E-state index contributed by atoms with van der Waals surface area (Å²) < 4.78 is 4.53. The molecule has 0 heterocycles. The molecule has 86 valence electrons. The summed E-state index contributed by atoms with van der Waals surface area (Å²) in [4.78, 5) is 21.6. The molecule has 0 aromatic heterocycles. The van der Waals surface area contributed by atoms with Gasteiger partial charge in [-0.2, -0.15) is 0 Å². The minimum atomic E-state index is -0.692. The van der Waals surface area contributed by atoms with Crippen molar-refractivity contribution in [1.29, 1.82) is 0 Å². The number of nitrogens with zero attached hydrogens (tertiary/aromatic N) is 1. The second-order valence-electron chi connectivity index (χ2n) is 2.80. The summed E-state index contributed by atoms with van der Waals surface area (Å²) >= 11 is 8.90. The number of esters is 1. The molecule has 0 unspecified atom stereocenters. The zero-order chi connectivity index (χ0) is 12.3. The first kappa shape index (κ1) is 12.9. The fourth-order valence-corrected chi connectivity index (χ4v) is 2.06. The van der Waals surface area contributed by atoms with Crippen LogP contribution in [0.15, 0.2) is 12.1 Å². The standard InChI is InChI=1S/C9H7BrClNO4/c1-16-9(13)8-5(4-10)7(12(14)15)3-2-6(8)11/h2-3H,4H2,1H3. The largest absolute Gasteiger partial charge is 0.465 e. The van der Waals surface area contributed by atoms with Crippen LogP contribution in [-0.4, -0.2) is 18.0 Å². The van der Waals surface area contributed by atoms with Crippen LogP contribution >= 0.6 is 27.5 Å². The van der Waals surface area contributed by atoms with E-state index < -0.39 is 10.9 Å². The number of ether oxygens (including phenoxy) is 1. The molecule has 0 N–H and O–H groups in total. The van der Waals surface area contributed by atoms with E-state index in [2.05, 4.69) is 20.7 Å². The second-order valence-corrected chi connectivity index (χ2v) is 3.77. The lowest BCUT2D eigenvalue weighted by Crippen LogP contribution is -2.08. The molecule has 5 nitrogen and oxygen atoms in total. The van der Waals surface area contributed by atoms with Gasteiger partial charge in [-0.3, -0.25) is 10.1 Å². The molecule has 1 rings (SSSR count). The van der Waals surface area contributed by atoms with Gasteiger partial charge in [-0.1, -0.05) is 27.5 Å². The Labute approximate surface area is 105 Å². The van der Waals surface area contributed by atoms with Gasteiger partial charge in [0.05, 0.1) is 28.2 Å². The van der Waals surface area contributed by atoms with Crippen LogP contribution in [0.4, 0.5) is 5.69 Å². The number of halogens is 2. The third kappa shape index (κ3) is 2.33. The maximum Gasteiger partial charge on any atom is 0.339 e. The van der Waals surface area contributed by atoms with Crippen molar-refractivity contribution in [2.75, 3.05) is 7.11 Å². The highest BCUT2D eigenvalue weighted by Gasteiger charge is 2.24. The van der Waals surface area contributed by atoms with Crippen molar-refractivity contribution in [2.45, 2.75) is 5.33 Å². The van der Waals surface area contributed by atoms with Crippen molar-refractivity contribution in [2.24, 2.45) is 0 Å². The van der Waals surface area contributed by atoms with Gasteiger partial charge in [0.1, 0.15) is 0 Å². The average Bonchev–Trinajstić information content (AvgIpc) is 2.26. The number of methoxy groups -OCH3 is 1. The van der Waals surface area contributed by atoms with Gasteiger partial charge < -0.3 is 4.74 Å². The van der Waals surface area contributed by atoms with Crippen LogP contribution in [0.25, 0.3) is 0 Å². The Hall–Kier alpha value is -1.14. The van der Waals surface area contributed by atoms with E-state index in [9.17, 15) is 14.9 Å². The van der Waals surface area contributed by atoms with Crippen molar-refractivity contribution in [3.8, 4) is 0 Å². The Morgan fingerprint density at radius 2 is 2.25 bits per heavy atom. The molecule has 0 aliphatic carbocycles. The normalized spacial score (nSPS) is 9.94. The molecule has 7 heteroatoms. The predicted molar refractivity (Wildman–Crippen MR) is 62.1 cm³/mol. The predicted octanol–water partition coefficient (Wildman–Crippen LogP) is 2.93. The Kier molecular flexibility index (Phi) is 4.26. The van der Waals surface area contributed by atoms with Crippen molar-refractivity contribution in [1.82, 2.24) is 0 Å². The number of nitro groups is 1. The highest BCUT2D eigenvalue weighted by atomic mass is 79.9. The van der Waals surface area contributed by atoms with Crippen LogP contribution in [0.5, 0.6) is 0 Å². The fourth-order valence-electron chi connectivity index (χ4n) is 1.24. The minimum absolute atomic E-state index is 0.0234. The van der Waals surface area contributed by atoms with Gasteiger partial charge in [-0.25, -0.2) is 4.79 Å². The number of carbonyl (C=O) groups excluding carboxylic acids is 1. The van der Waals surface area contributed by atoms with Crippen LogP contribution in [-0.2, 0) is 10.1 Å². The molecule has 1 aromatic rings. The number of carbonyl (C=O) groups is 1. The Balaban J connectivity index is 3.50. The average molecular weight is 309 g/mol. The number of hydrogen-bond donors (Lipinski definition) is 0. The second kappa shape index (κ2) is 5.27. The zero-order valence-corrected chi connectivity index (χ0v) is 10.5. The Morgan fingerprint density at radius 3 is 2.69 bits per heavy atom. The molecule has 1 aromatic carbocycles. The third-order valence-corrected chi connectivity index (χ3v) is 2.83. The molecule has 0 saturated heterocycles. The summed E-state index contributed by atoms with van der Waals surface area (Å²) in [6.07, 6.45) is 0. The van der Waals surface area contributed by atoms with Gasteiger partial charge in [-0.15, -0.1) is 0 Å². The molecule has 0 spiro atoms. The molecule has 0 atom stereocenters. The van der Waals surface area contributed by atoms with Gasteiger partial charge in [-0.05, 0) is 6.07 Å². The monoisotopic (exact) mass is 307 g/mol. The first-order valence-corrected chi connectivity index (χ1v) is 5.63. The van der Waals surface area contributed by atoms with Crippen molar-refractivity contribution in [3.63, 3.8) is 0 Å². The number of nitro benzene ring substituents is 1. The minimum Gasteiger partial charge on any atom is -0.465 e. The SMILES string of the molecule is COC(=O)c1c(Cl)ccc([N+](=O)[O-])c1CBr. The van der Waals surface area contributed by atoms with Crippen LogP contribution in [0.1, 0.15) is 15.9 Å². The van der Waals surface area contributed by atoms with Crippen molar-refractivity contribution >= 4 is 39.2 Å². The summed E-state index contributed by atoms with van der Waals surface area (Å²) in [5.74, 6) is -0.692. The number of benzene rings is 1. The molecule has 0 bridgehead atoms. The molecule has 0 aliphatic rings. The van der Waals surface area contributed by atoms with E-state index in [1.54, 1.807) is 0 Å². The van der Waals surface area contributed by atoms with E-state index in [0.717, 1.165) is 0 Å².